The van der Waals surface area contributed by atoms with Crippen molar-refractivity contribution in [2.75, 3.05) is 24.3 Å². The molecule has 0 fully saturated rings. The number of rotatable bonds is 6. The van der Waals surface area contributed by atoms with Crippen molar-refractivity contribution in [2.45, 2.75) is 23.3 Å². The van der Waals surface area contributed by atoms with Crippen molar-refractivity contribution < 1.29 is 17.9 Å². The molecule has 35 heavy (non-hydrogen) atoms. The molecule has 5 rings (SSSR count). The van der Waals surface area contributed by atoms with E-state index in [9.17, 15) is 8.42 Å². The second-order valence-corrected chi connectivity index (χ2v) is 11.2. The summed E-state index contributed by atoms with van der Waals surface area (Å²) < 4.78 is 39.8. The van der Waals surface area contributed by atoms with Gasteiger partial charge in [-0.25, -0.2) is 8.42 Å². The quantitative estimate of drug-likeness (QED) is 0.349. The smallest absolute Gasteiger partial charge is 0.261 e. The predicted octanol–water partition coefficient (Wildman–Crippen LogP) is 6.64. The molecular weight excluding hydrogens is 507 g/mol. The SMILES string of the molecule is COc1ccc([C@H]2Nc3ccc(S(=O)(=O)Nc4cc(Cl)cc(Cl)c4)cc3[C@H]3C=CC[C@H]32)cc1OC. The third-order valence-electron chi connectivity index (χ3n) is 6.53. The highest BCUT2D eigenvalue weighted by atomic mass is 35.5. The molecule has 2 aliphatic rings. The van der Waals surface area contributed by atoms with E-state index < -0.39 is 10.0 Å². The van der Waals surface area contributed by atoms with E-state index in [1.165, 1.54) is 12.1 Å². The molecule has 1 aliphatic heterocycles. The van der Waals surface area contributed by atoms with Crippen LogP contribution in [0.15, 0.2) is 71.6 Å². The number of allylic oxidation sites excluding steroid dienone is 2. The molecular formula is C26H24Cl2N2O4S. The van der Waals surface area contributed by atoms with Gasteiger partial charge in [-0.2, -0.15) is 0 Å². The molecule has 0 radical (unpaired) electrons. The number of methoxy groups -OCH3 is 2. The Hall–Kier alpha value is -2.87. The number of nitrogens with one attached hydrogen (secondary N) is 2. The molecule has 3 aromatic rings. The van der Waals surface area contributed by atoms with E-state index in [2.05, 4.69) is 22.2 Å². The summed E-state index contributed by atoms with van der Waals surface area (Å²) in [6.45, 7) is 0. The van der Waals surface area contributed by atoms with Gasteiger partial charge in [0.1, 0.15) is 0 Å². The zero-order chi connectivity index (χ0) is 24.7. The number of hydrogen-bond acceptors (Lipinski definition) is 5. The molecule has 3 aromatic carbocycles. The predicted molar refractivity (Wildman–Crippen MR) is 140 cm³/mol. The molecule has 0 saturated carbocycles. The molecule has 0 unspecified atom stereocenters. The minimum Gasteiger partial charge on any atom is -0.493 e. The third kappa shape index (κ3) is 4.56. The van der Waals surface area contributed by atoms with Gasteiger partial charge in [0.25, 0.3) is 10.0 Å². The lowest BCUT2D eigenvalue weighted by Crippen LogP contribution is -2.29. The molecule has 3 atom stereocenters. The fraction of sp³-hybridized carbons (Fsp3) is 0.231. The van der Waals surface area contributed by atoms with Crippen molar-refractivity contribution in [2.24, 2.45) is 5.92 Å². The number of ether oxygens (including phenoxy) is 2. The lowest BCUT2D eigenvalue weighted by atomic mass is 9.77. The van der Waals surface area contributed by atoms with Crippen LogP contribution in [0.5, 0.6) is 11.5 Å². The summed E-state index contributed by atoms with van der Waals surface area (Å²) in [4.78, 5) is 0.178. The Morgan fingerprint density at radius 1 is 0.943 bits per heavy atom. The first-order valence-corrected chi connectivity index (χ1v) is 13.3. The van der Waals surface area contributed by atoms with Crippen LogP contribution in [0.1, 0.15) is 29.5 Å². The van der Waals surface area contributed by atoms with Gasteiger partial charge in [-0.15, -0.1) is 0 Å². The Kier molecular flexibility index (Phi) is 6.34. The van der Waals surface area contributed by atoms with E-state index in [-0.39, 0.29) is 22.8 Å². The first-order chi connectivity index (χ1) is 16.8. The topological polar surface area (TPSA) is 76.7 Å². The van der Waals surface area contributed by atoms with Crippen LogP contribution in [-0.4, -0.2) is 22.6 Å². The number of benzene rings is 3. The number of hydrogen-bond donors (Lipinski definition) is 2. The Morgan fingerprint density at radius 2 is 1.69 bits per heavy atom. The van der Waals surface area contributed by atoms with E-state index >= 15 is 0 Å². The second-order valence-electron chi connectivity index (χ2n) is 8.60. The maximum absolute atomic E-state index is 13.2. The van der Waals surface area contributed by atoms with E-state index in [4.69, 9.17) is 32.7 Å². The molecule has 1 aliphatic carbocycles. The maximum atomic E-state index is 13.2. The molecule has 0 aromatic heterocycles. The molecule has 182 valence electrons. The number of sulfonamides is 1. The van der Waals surface area contributed by atoms with Crippen molar-refractivity contribution in [1.29, 1.82) is 0 Å². The Balaban J connectivity index is 1.48. The van der Waals surface area contributed by atoms with Gasteiger partial charge in [0.15, 0.2) is 11.5 Å². The highest BCUT2D eigenvalue weighted by Crippen LogP contribution is 2.51. The van der Waals surface area contributed by atoms with Crippen LogP contribution < -0.4 is 19.5 Å². The summed E-state index contributed by atoms with van der Waals surface area (Å²) in [6, 6.07) is 15.7. The minimum atomic E-state index is -3.84. The number of anilines is 2. The van der Waals surface area contributed by atoms with E-state index in [0.717, 1.165) is 23.2 Å². The second kappa shape index (κ2) is 9.30. The molecule has 2 N–H and O–H groups in total. The van der Waals surface area contributed by atoms with Crippen molar-refractivity contribution in [3.63, 3.8) is 0 Å². The highest BCUT2D eigenvalue weighted by molar-refractivity contribution is 7.92. The normalized spacial score (nSPS) is 20.5. The third-order valence-corrected chi connectivity index (χ3v) is 8.34. The molecule has 0 amide bonds. The zero-order valence-corrected chi connectivity index (χ0v) is 21.4. The summed E-state index contributed by atoms with van der Waals surface area (Å²) in [6.07, 6.45) is 5.21. The first-order valence-electron chi connectivity index (χ1n) is 11.1. The van der Waals surface area contributed by atoms with E-state index in [1.807, 2.05) is 24.3 Å². The van der Waals surface area contributed by atoms with Gasteiger partial charge in [-0.1, -0.05) is 41.4 Å². The Labute approximate surface area is 214 Å². The lowest BCUT2D eigenvalue weighted by molar-refractivity contribution is 0.353. The van der Waals surface area contributed by atoms with Gasteiger partial charge in [-0.3, -0.25) is 4.72 Å². The minimum absolute atomic E-state index is 0.0384. The average molecular weight is 531 g/mol. The number of fused-ring (bicyclic) bond motifs is 3. The zero-order valence-electron chi connectivity index (χ0n) is 19.1. The van der Waals surface area contributed by atoms with Gasteiger partial charge in [0, 0.05) is 21.7 Å². The van der Waals surface area contributed by atoms with Gasteiger partial charge >= 0.3 is 0 Å². The van der Waals surface area contributed by atoms with Crippen LogP contribution in [0.3, 0.4) is 0 Å². The van der Waals surface area contributed by atoms with Gasteiger partial charge in [0.05, 0.1) is 30.8 Å². The number of halogens is 2. The molecule has 6 nitrogen and oxygen atoms in total. The summed E-state index contributed by atoms with van der Waals surface area (Å²) >= 11 is 12.1. The van der Waals surface area contributed by atoms with Crippen molar-refractivity contribution in [3.05, 3.63) is 87.9 Å². The van der Waals surface area contributed by atoms with Gasteiger partial charge < -0.3 is 14.8 Å². The monoisotopic (exact) mass is 530 g/mol. The fourth-order valence-electron chi connectivity index (χ4n) is 4.94. The van der Waals surface area contributed by atoms with Crippen molar-refractivity contribution >= 4 is 44.6 Å². The summed E-state index contributed by atoms with van der Waals surface area (Å²) in [5.74, 6) is 1.67. The molecule has 0 bridgehead atoms. The van der Waals surface area contributed by atoms with Crippen LogP contribution in [0.25, 0.3) is 0 Å². The van der Waals surface area contributed by atoms with E-state index in [0.29, 0.717) is 27.2 Å². The summed E-state index contributed by atoms with van der Waals surface area (Å²) in [5, 5.41) is 4.33. The highest BCUT2D eigenvalue weighted by Gasteiger charge is 2.38. The first kappa shape index (κ1) is 23.9. The standard InChI is InChI=1S/C26H24Cl2N2O4S/c1-33-24-9-6-15(10-25(24)34-2)26-21-5-3-4-20(21)22-14-19(7-8-23(22)29-26)35(31,32)30-18-12-16(27)11-17(28)13-18/h3-4,6-14,20-21,26,29-30H,5H2,1-2H3/t20-,21+,26+/m0/s1. The Bertz CT molecular complexity index is 1400. The van der Waals surface area contributed by atoms with Crippen molar-refractivity contribution in [3.8, 4) is 11.5 Å². The van der Waals surface area contributed by atoms with Crippen LogP contribution in [0.4, 0.5) is 11.4 Å². The molecule has 0 spiro atoms. The molecule has 1 heterocycles. The van der Waals surface area contributed by atoms with Crippen LogP contribution in [0, 0.1) is 5.92 Å². The maximum Gasteiger partial charge on any atom is 0.261 e. The molecule has 9 heteroatoms. The van der Waals surface area contributed by atoms with Gasteiger partial charge in [0.2, 0.25) is 0 Å². The van der Waals surface area contributed by atoms with Crippen LogP contribution in [0.2, 0.25) is 10.0 Å². The van der Waals surface area contributed by atoms with Crippen LogP contribution in [-0.2, 0) is 10.0 Å². The Morgan fingerprint density at radius 3 is 2.40 bits per heavy atom. The van der Waals surface area contributed by atoms with Crippen LogP contribution >= 0.6 is 23.2 Å². The lowest BCUT2D eigenvalue weighted by Gasteiger charge is -2.38. The fourth-order valence-corrected chi connectivity index (χ4v) is 6.54. The van der Waals surface area contributed by atoms with E-state index in [1.54, 1.807) is 32.4 Å². The summed E-state index contributed by atoms with van der Waals surface area (Å²) in [5.41, 5.74) is 3.25. The molecule has 0 saturated heterocycles. The van der Waals surface area contributed by atoms with Gasteiger partial charge in [-0.05, 0) is 72.0 Å². The average Bonchev–Trinajstić information content (AvgIpc) is 3.32. The summed E-state index contributed by atoms with van der Waals surface area (Å²) in [7, 11) is -0.601. The largest absolute Gasteiger partial charge is 0.493 e. The van der Waals surface area contributed by atoms with Crippen molar-refractivity contribution in [1.82, 2.24) is 0 Å².